The van der Waals surface area contributed by atoms with Crippen molar-refractivity contribution < 1.29 is 27.4 Å². The summed E-state index contributed by atoms with van der Waals surface area (Å²) in [5.41, 5.74) is 1.16. The van der Waals surface area contributed by atoms with Gasteiger partial charge in [-0.1, -0.05) is 0 Å². The van der Waals surface area contributed by atoms with Gasteiger partial charge < -0.3 is 9.47 Å². The number of rotatable bonds is 5. The van der Waals surface area contributed by atoms with Crippen molar-refractivity contribution in [2.75, 3.05) is 13.7 Å². The Balaban J connectivity index is 2.31. The Morgan fingerprint density at radius 1 is 1.14 bits per heavy atom. The zero-order valence-electron chi connectivity index (χ0n) is 11.4. The number of hydrogen-bond donors (Lipinski definition) is 0. The fraction of sp³-hybridized carbons (Fsp3) is 0.214. The maximum absolute atomic E-state index is 12.2. The summed E-state index contributed by atoms with van der Waals surface area (Å²) in [6, 6.07) is 4.26. The summed E-state index contributed by atoms with van der Waals surface area (Å²) < 4.78 is 46.1. The van der Waals surface area contributed by atoms with E-state index in [1.165, 1.54) is 37.7 Å². The molecule has 0 spiro atoms. The monoisotopic (exact) mass is 312 g/mol. The van der Waals surface area contributed by atoms with Crippen LogP contribution in [0.4, 0.5) is 13.2 Å². The standard InChI is InChI=1S/C14H11F3N2O3/c1-21-13-18-5-11(6-19-13)10-2-9(7-20)3-12(4-10)22-8-14(15,16)17/h2-7H,8H2,1H3. The molecule has 0 aliphatic heterocycles. The molecule has 0 saturated heterocycles. The van der Waals surface area contributed by atoms with E-state index < -0.39 is 12.8 Å². The summed E-state index contributed by atoms with van der Waals surface area (Å²) in [5.74, 6) is -0.0623. The van der Waals surface area contributed by atoms with E-state index in [0.717, 1.165) is 0 Å². The minimum absolute atomic E-state index is 0.0623. The van der Waals surface area contributed by atoms with Gasteiger partial charge in [-0.15, -0.1) is 0 Å². The van der Waals surface area contributed by atoms with E-state index in [0.29, 0.717) is 17.4 Å². The van der Waals surface area contributed by atoms with Crippen molar-refractivity contribution in [2.45, 2.75) is 6.18 Å². The summed E-state index contributed by atoms with van der Waals surface area (Å²) in [7, 11) is 1.41. The molecule has 2 rings (SSSR count). The smallest absolute Gasteiger partial charge is 0.422 e. The quantitative estimate of drug-likeness (QED) is 0.794. The lowest BCUT2D eigenvalue weighted by molar-refractivity contribution is -0.153. The SMILES string of the molecule is COc1ncc(-c2cc(C=O)cc(OCC(F)(F)F)c2)cn1. The molecule has 22 heavy (non-hydrogen) atoms. The van der Waals surface area contributed by atoms with E-state index in [9.17, 15) is 18.0 Å². The number of halogens is 3. The van der Waals surface area contributed by atoms with Gasteiger partial charge in [0, 0.05) is 23.5 Å². The molecule has 0 fully saturated rings. The largest absolute Gasteiger partial charge is 0.484 e. The van der Waals surface area contributed by atoms with Gasteiger partial charge in [-0.2, -0.15) is 13.2 Å². The minimum atomic E-state index is -4.46. The maximum atomic E-state index is 12.2. The topological polar surface area (TPSA) is 61.3 Å². The van der Waals surface area contributed by atoms with Gasteiger partial charge >= 0.3 is 12.2 Å². The number of aldehydes is 1. The molecule has 0 aliphatic carbocycles. The van der Waals surface area contributed by atoms with Crippen LogP contribution < -0.4 is 9.47 Å². The van der Waals surface area contributed by atoms with Crippen molar-refractivity contribution >= 4 is 6.29 Å². The predicted molar refractivity (Wildman–Crippen MR) is 71.0 cm³/mol. The van der Waals surface area contributed by atoms with E-state index in [-0.39, 0.29) is 17.3 Å². The van der Waals surface area contributed by atoms with Crippen LogP contribution in [0.25, 0.3) is 11.1 Å². The Morgan fingerprint density at radius 3 is 2.36 bits per heavy atom. The number of alkyl halides is 3. The first-order valence-corrected chi connectivity index (χ1v) is 6.07. The van der Waals surface area contributed by atoms with Crippen molar-refractivity contribution in [1.29, 1.82) is 0 Å². The van der Waals surface area contributed by atoms with Crippen molar-refractivity contribution in [3.8, 4) is 22.9 Å². The molecule has 2 aromatic rings. The Morgan fingerprint density at radius 2 is 1.82 bits per heavy atom. The molecular weight excluding hydrogens is 301 g/mol. The van der Waals surface area contributed by atoms with Crippen LogP contribution in [0.5, 0.6) is 11.8 Å². The predicted octanol–water partition coefficient (Wildman–Crippen LogP) is 2.91. The average Bonchev–Trinajstić information content (AvgIpc) is 2.52. The molecule has 8 heteroatoms. The lowest BCUT2D eigenvalue weighted by Gasteiger charge is -2.11. The number of ether oxygens (including phenoxy) is 2. The summed E-state index contributed by atoms with van der Waals surface area (Å²) in [6.07, 6.45) is -1.07. The van der Waals surface area contributed by atoms with Gasteiger partial charge in [0.05, 0.1) is 7.11 Å². The summed E-state index contributed by atoms with van der Waals surface area (Å²) in [6.45, 7) is -1.44. The van der Waals surface area contributed by atoms with E-state index >= 15 is 0 Å². The Bertz CT molecular complexity index is 657. The van der Waals surface area contributed by atoms with Gasteiger partial charge in [0.1, 0.15) is 12.0 Å². The van der Waals surface area contributed by atoms with Gasteiger partial charge in [-0.05, 0) is 23.8 Å². The number of nitrogens with zero attached hydrogens (tertiary/aromatic N) is 2. The molecule has 0 amide bonds. The molecule has 1 heterocycles. The molecule has 0 saturated carbocycles. The number of methoxy groups -OCH3 is 1. The Hall–Kier alpha value is -2.64. The molecule has 5 nitrogen and oxygen atoms in total. The normalized spacial score (nSPS) is 11.1. The van der Waals surface area contributed by atoms with Gasteiger partial charge in [0.15, 0.2) is 6.61 Å². The molecule has 1 aromatic heterocycles. The van der Waals surface area contributed by atoms with Crippen molar-refractivity contribution in [2.24, 2.45) is 0 Å². The highest BCUT2D eigenvalue weighted by atomic mass is 19.4. The number of hydrogen-bond acceptors (Lipinski definition) is 5. The van der Waals surface area contributed by atoms with E-state index in [1.54, 1.807) is 0 Å². The molecule has 0 aliphatic rings. The van der Waals surface area contributed by atoms with E-state index in [1.807, 2.05) is 0 Å². The van der Waals surface area contributed by atoms with Crippen LogP contribution in [0.2, 0.25) is 0 Å². The van der Waals surface area contributed by atoms with Crippen LogP contribution in [-0.2, 0) is 0 Å². The Kier molecular flexibility index (Phi) is 4.59. The highest BCUT2D eigenvalue weighted by Crippen LogP contribution is 2.26. The number of benzene rings is 1. The summed E-state index contributed by atoms with van der Waals surface area (Å²) in [4.78, 5) is 18.7. The molecule has 0 unspecified atom stereocenters. The molecule has 0 radical (unpaired) electrons. The fourth-order valence-electron chi connectivity index (χ4n) is 1.68. The second-order valence-electron chi connectivity index (χ2n) is 4.27. The van der Waals surface area contributed by atoms with Crippen LogP contribution in [0.15, 0.2) is 30.6 Å². The molecule has 0 N–H and O–H groups in total. The molecule has 0 bridgehead atoms. The zero-order valence-corrected chi connectivity index (χ0v) is 11.4. The van der Waals surface area contributed by atoms with Gasteiger partial charge in [0.25, 0.3) is 0 Å². The lowest BCUT2D eigenvalue weighted by atomic mass is 10.1. The van der Waals surface area contributed by atoms with Gasteiger partial charge in [-0.25, -0.2) is 9.97 Å². The highest BCUT2D eigenvalue weighted by molar-refractivity contribution is 5.80. The molecular formula is C14H11F3N2O3. The second kappa shape index (κ2) is 6.42. The van der Waals surface area contributed by atoms with Crippen molar-refractivity contribution in [3.05, 3.63) is 36.2 Å². The fourth-order valence-corrected chi connectivity index (χ4v) is 1.68. The molecule has 0 atom stereocenters. The van der Waals surface area contributed by atoms with Crippen LogP contribution in [-0.4, -0.2) is 36.1 Å². The van der Waals surface area contributed by atoms with Crippen molar-refractivity contribution in [3.63, 3.8) is 0 Å². The van der Waals surface area contributed by atoms with Crippen LogP contribution in [0.3, 0.4) is 0 Å². The first-order chi connectivity index (χ1) is 10.4. The van der Waals surface area contributed by atoms with Gasteiger partial charge in [0.2, 0.25) is 0 Å². The van der Waals surface area contributed by atoms with Crippen molar-refractivity contribution in [1.82, 2.24) is 9.97 Å². The van der Waals surface area contributed by atoms with Crippen LogP contribution in [0.1, 0.15) is 10.4 Å². The van der Waals surface area contributed by atoms with Crippen LogP contribution >= 0.6 is 0 Å². The second-order valence-corrected chi connectivity index (χ2v) is 4.27. The lowest BCUT2D eigenvalue weighted by Crippen LogP contribution is -2.19. The molecule has 116 valence electrons. The third kappa shape index (κ3) is 4.18. The third-order valence-electron chi connectivity index (χ3n) is 2.61. The first-order valence-electron chi connectivity index (χ1n) is 6.07. The number of carbonyl (C=O) groups is 1. The summed E-state index contributed by atoms with van der Waals surface area (Å²) >= 11 is 0. The van der Waals surface area contributed by atoms with Gasteiger partial charge in [-0.3, -0.25) is 4.79 Å². The minimum Gasteiger partial charge on any atom is -0.484 e. The third-order valence-corrected chi connectivity index (χ3v) is 2.61. The average molecular weight is 312 g/mol. The maximum Gasteiger partial charge on any atom is 0.422 e. The van der Waals surface area contributed by atoms with E-state index in [2.05, 4.69) is 14.7 Å². The van der Waals surface area contributed by atoms with Crippen LogP contribution in [0, 0.1) is 0 Å². The summed E-state index contributed by atoms with van der Waals surface area (Å²) in [5, 5.41) is 0. The zero-order chi connectivity index (χ0) is 16.2. The highest BCUT2D eigenvalue weighted by Gasteiger charge is 2.28. The number of aromatic nitrogens is 2. The van der Waals surface area contributed by atoms with E-state index in [4.69, 9.17) is 4.74 Å². The number of carbonyl (C=O) groups excluding carboxylic acids is 1. The Labute approximate surface area is 123 Å². The molecule has 1 aromatic carbocycles. The first kappa shape index (κ1) is 15.7.